The molecular formula is C13H15NO4S3. The molecule has 5 nitrogen and oxygen atoms in total. The highest BCUT2D eigenvalue weighted by Gasteiger charge is 2.20. The van der Waals surface area contributed by atoms with E-state index < -0.39 is 16.0 Å². The van der Waals surface area contributed by atoms with Gasteiger partial charge in [0.15, 0.2) is 0 Å². The van der Waals surface area contributed by atoms with Gasteiger partial charge in [0.2, 0.25) is 10.0 Å². The normalized spacial score (nSPS) is 13.2. The maximum atomic E-state index is 12.2. The van der Waals surface area contributed by atoms with Crippen LogP contribution in [-0.2, 0) is 27.7 Å². The van der Waals surface area contributed by atoms with Gasteiger partial charge in [0.05, 0.1) is 6.42 Å². The third-order valence-electron chi connectivity index (χ3n) is 2.71. The van der Waals surface area contributed by atoms with Gasteiger partial charge in [-0.1, -0.05) is 0 Å². The average molecular weight is 345 g/mol. The molecule has 0 saturated carbocycles. The zero-order valence-corrected chi connectivity index (χ0v) is 13.7. The monoisotopic (exact) mass is 345 g/mol. The molecule has 0 aliphatic carbocycles. The van der Waals surface area contributed by atoms with E-state index in [9.17, 15) is 13.2 Å². The molecule has 0 amide bonds. The van der Waals surface area contributed by atoms with Crippen molar-refractivity contribution in [2.75, 3.05) is 0 Å². The van der Waals surface area contributed by atoms with Crippen molar-refractivity contribution < 1.29 is 18.3 Å². The minimum atomic E-state index is -3.60. The fraction of sp³-hybridized carbons (Fsp3) is 0.308. The summed E-state index contributed by atoms with van der Waals surface area (Å²) in [5.41, 5.74) is 1.09. The number of carboxylic acid groups (broad SMARTS) is 1. The summed E-state index contributed by atoms with van der Waals surface area (Å²) >= 11 is 2.56. The minimum Gasteiger partial charge on any atom is -0.481 e. The Morgan fingerprint density at radius 3 is 2.76 bits per heavy atom. The van der Waals surface area contributed by atoms with Gasteiger partial charge in [-0.05, 0) is 47.9 Å². The average Bonchev–Trinajstić information content (AvgIpc) is 2.98. The van der Waals surface area contributed by atoms with E-state index in [2.05, 4.69) is 4.72 Å². The van der Waals surface area contributed by atoms with E-state index in [0.29, 0.717) is 11.3 Å². The molecule has 2 aromatic rings. The molecule has 2 aromatic heterocycles. The second-order valence-electron chi connectivity index (χ2n) is 4.65. The highest BCUT2D eigenvalue weighted by molar-refractivity contribution is 7.91. The maximum absolute atomic E-state index is 12.2. The zero-order chi connectivity index (χ0) is 15.5. The highest BCUT2D eigenvalue weighted by atomic mass is 32.2. The van der Waals surface area contributed by atoms with Crippen LogP contribution in [0, 0.1) is 0 Å². The van der Waals surface area contributed by atoms with Crippen LogP contribution in [-0.4, -0.2) is 25.5 Å². The van der Waals surface area contributed by atoms with Crippen LogP contribution in [0.25, 0.3) is 0 Å². The first kappa shape index (κ1) is 16.2. The van der Waals surface area contributed by atoms with Gasteiger partial charge < -0.3 is 5.11 Å². The molecule has 0 radical (unpaired) electrons. The Morgan fingerprint density at radius 1 is 1.38 bits per heavy atom. The number of nitrogens with one attached hydrogen (secondary N) is 1. The molecule has 0 spiro atoms. The standard InChI is InChI=1S/C13H15NO4S3/c1-9(6-10-4-5-19-8-10)14-21(17,18)13-3-2-11(20-13)7-12(15)16/h2-5,8-9,14H,6-7H2,1H3,(H,15,16). The van der Waals surface area contributed by atoms with E-state index >= 15 is 0 Å². The van der Waals surface area contributed by atoms with Crippen molar-refractivity contribution in [2.45, 2.75) is 30.0 Å². The largest absolute Gasteiger partial charge is 0.481 e. The number of rotatable bonds is 7. The number of thiophene rings is 2. The van der Waals surface area contributed by atoms with E-state index in [-0.39, 0.29) is 16.7 Å². The van der Waals surface area contributed by atoms with E-state index in [1.165, 1.54) is 12.1 Å². The topological polar surface area (TPSA) is 83.5 Å². The summed E-state index contributed by atoms with van der Waals surface area (Å²) in [6.45, 7) is 1.81. The van der Waals surface area contributed by atoms with Gasteiger partial charge in [0, 0.05) is 10.9 Å². The Labute approximate surface area is 131 Å². The lowest BCUT2D eigenvalue weighted by atomic mass is 10.1. The first-order valence-electron chi connectivity index (χ1n) is 6.21. The molecule has 0 aromatic carbocycles. The van der Waals surface area contributed by atoms with Crippen molar-refractivity contribution >= 4 is 38.7 Å². The van der Waals surface area contributed by atoms with Gasteiger partial charge >= 0.3 is 5.97 Å². The van der Waals surface area contributed by atoms with E-state index in [4.69, 9.17) is 5.11 Å². The predicted octanol–water partition coefficient (Wildman–Crippen LogP) is 2.35. The lowest BCUT2D eigenvalue weighted by molar-refractivity contribution is -0.136. The fourth-order valence-corrected chi connectivity index (χ4v) is 5.16. The Hall–Kier alpha value is -1.22. The van der Waals surface area contributed by atoms with Crippen LogP contribution in [0.4, 0.5) is 0 Å². The SMILES string of the molecule is CC(Cc1ccsc1)NS(=O)(=O)c1ccc(CC(=O)O)s1. The first-order valence-corrected chi connectivity index (χ1v) is 9.45. The van der Waals surface area contributed by atoms with Crippen molar-refractivity contribution in [1.82, 2.24) is 4.72 Å². The number of carboxylic acids is 1. The number of hydrogen-bond donors (Lipinski definition) is 2. The van der Waals surface area contributed by atoms with Crippen LogP contribution in [0.3, 0.4) is 0 Å². The Kier molecular flexibility index (Phi) is 5.15. The smallest absolute Gasteiger partial charge is 0.308 e. The summed E-state index contributed by atoms with van der Waals surface area (Å²) in [6, 6.07) is 4.72. The van der Waals surface area contributed by atoms with E-state index in [1.807, 2.05) is 16.8 Å². The van der Waals surface area contributed by atoms with Crippen LogP contribution in [0.2, 0.25) is 0 Å². The summed E-state index contributed by atoms with van der Waals surface area (Å²) in [4.78, 5) is 11.1. The predicted molar refractivity (Wildman–Crippen MR) is 83.5 cm³/mol. The number of aliphatic carboxylic acids is 1. The molecule has 0 aliphatic rings. The molecule has 0 saturated heterocycles. The summed E-state index contributed by atoms with van der Waals surface area (Å²) in [5.74, 6) is -0.973. The van der Waals surface area contributed by atoms with Gasteiger partial charge in [-0.2, -0.15) is 11.3 Å². The second kappa shape index (κ2) is 6.69. The Morgan fingerprint density at radius 2 is 2.14 bits per heavy atom. The molecule has 2 N–H and O–H groups in total. The fourth-order valence-electron chi connectivity index (χ4n) is 1.87. The Balaban J connectivity index is 2.03. The van der Waals surface area contributed by atoms with Gasteiger partial charge in [0.1, 0.15) is 4.21 Å². The molecule has 21 heavy (non-hydrogen) atoms. The third kappa shape index (κ3) is 4.63. The summed E-state index contributed by atoms with van der Waals surface area (Å²) < 4.78 is 27.2. The molecule has 0 aliphatic heterocycles. The molecule has 2 rings (SSSR count). The van der Waals surface area contributed by atoms with Gasteiger partial charge in [-0.3, -0.25) is 4.79 Å². The maximum Gasteiger partial charge on any atom is 0.308 e. The van der Waals surface area contributed by atoms with Crippen LogP contribution in [0.1, 0.15) is 17.4 Å². The van der Waals surface area contributed by atoms with Gasteiger partial charge in [0.25, 0.3) is 0 Å². The number of carbonyl (C=O) groups is 1. The Bertz CT molecular complexity index is 704. The zero-order valence-electron chi connectivity index (χ0n) is 11.3. The van der Waals surface area contributed by atoms with Gasteiger partial charge in [-0.25, -0.2) is 13.1 Å². The van der Waals surface area contributed by atoms with Crippen molar-refractivity contribution in [3.05, 3.63) is 39.4 Å². The van der Waals surface area contributed by atoms with Crippen LogP contribution >= 0.6 is 22.7 Å². The number of sulfonamides is 1. The molecule has 2 heterocycles. The molecule has 1 unspecified atom stereocenters. The van der Waals surface area contributed by atoms with Crippen LogP contribution in [0.5, 0.6) is 0 Å². The van der Waals surface area contributed by atoms with Crippen molar-refractivity contribution in [1.29, 1.82) is 0 Å². The lowest BCUT2D eigenvalue weighted by Crippen LogP contribution is -2.33. The van der Waals surface area contributed by atoms with Gasteiger partial charge in [-0.15, -0.1) is 11.3 Å². The van der Waals surface area contributed by atoms with Crippen LogP contribution < -0.4 is 4.72 Å². The molecular weight excluding hydrogens is 330 g/mol. The van der Waals surface area contributed by atoms with Crippen molar-refractivity contribution in [3.8, 4) is 0 Å². The second-order valence-corrected chi connectivity index (χ2v) is 8.54. The molecule has 0 fully saturated rings. The molecule has 8 heteroatoms. The van der Waals surface area contributed by atoms with Crippen LogP contribution in [0.15, 0.2) is 33.2 Å². The van der Waals surface area contributed by atoms with E-state index in [1.54, 1.807) is 18.3 Å². The quantitative estimate of drug-likeness (QED) is 0.807. The summed E-state index contributed by atoms with van der Waals surface area (Å²) in [5, 5.41) is 12.7. The third-order valence-corrected chi connectivity index (χ3v) is 6.60. The van der Waals surface area contributed by atoms with Crippen molar-refractivity contribution in [2.24, 2.45) is 0 Å². The minimum absolute atomic E-state index is 0.149. The van der Waals surface area contributed by atoms with Crippen molar-refractivity contribution in [3.63, 3.8) is 0 Å². The highest BCUT2D eigenvalue weighted by Crippen LogP contribution is 2.22. The lowest BCUT2D eigenvalue weighted by Gasteiger charge is -2.12. The molecule has 114 valence electrons. The first-order chi connectivity index (χ1) is 9.87. The van der Waals surface area contributed by atoms with E-state index in [0.717, 1.165) is 16.9 Å². The molecule has 0 bridgehead atoms. The summed E-state index contributed by atoms with van der Waals surface area (Å²) in [6.07, 6.45) is 0.459. The summed E-state index contributed by atoms with van der Waals surface area (Å²) in [7, 11) is -3.60. The number of hydrogen-bond acceptors (Lipinski definition) is 5. The molecule has 1 atom stereocenters.